The Bertz CT molecular complexity index is 535. The molecule has 1 aromatic rings. The van der Waals surface area contributed by atoms with Gasteiger partial charge in [-0.05, 0) is 18.9 Å². The Hall–Kier alpha value is -0.870. The quantitative estimate of drug-likeness (QED) is 0.246. The van der Waals surface area contributed by atoms with E-state index in [9.17, 15) is 8.42 Å². The minimum absolute atomic E-state index is 0. The van der Waals surface area contributed by atoms with E-state index in [1.54, 1.807) is 0 Å². The van der Waals surface area contributed by atoms with Crippen LogP contribution in [0.4, 0.5) is 0 Å². The molecule has 1 rings (SSSR count). The summed E-state index contributed by atoms with van der Waals surface area (Å²) in [6, 6.07) is 10.0. The van der Waals surface area contributed by atoms with Crippen LogP contribution in [0.1, 0.15) is 18.9 Å². The molecule has 0 aliphatic rings. The number of halogens is 1. The van der Waals surface area contributed by atoms with E-state index in [4.69, 9.17) is 0 Å². The van der Waals surface area contributed by atoms with Gasteiger partial charge in [-0.1, -0.05) is 30.3 Å². The summed E-state index contributed by atoms with van der Waals surface area (Å²) in [4.78, 5) is 4.49. The normalized spacial score (nSPS) is 11.6. The van der Waals surface area contributed by atoms with Gasteiger partial charge in [0.05, 0.1) is 12.8 Å². The fourth-order valence-corrected chi connectivity index (χ4v) is 2.16. The smallest absolute Gasteiger partial charge is 0.208 e. The number of nitrogens with one attached hydrogen (secondary N) is 3. The van der Waals surface area contributed by atoms with Crippen molar-refractivity contribution in [3.63, 3.8) is 0 Å². The minimum atomic E-state index is -3.10. The van der Waals surface area contributed by atoms with Crippen molar-refractivity contribution in [2.45, 2.75) is 19.9 Å². The van der Waals surface area contributed by atoms with E-state index in [-0.39, 0.29) is 24.0 Å². The minimum Gasteiger partial charge on any atom is -0.357 e. The van der Waals surface area contributed by atoms with Gasteiger partial charge in [-0.2, -0.15) is 0 Å². The summed E-state index contributed by atoms with van der Waals surface area (Å²) in [6.45, 7) is 4.47. The van der Waals surface area contributed by atoms with Gasteiger partial charge in [-0.15, -0.1) is 24.0 Å². The molecular formula is C14H25IN4O2S. The van der Waals surface area contributed by atoms with E-state index >= 15 is 0 Å². The second-order valence-corrected chi connectivity index (χ2v) is 6.46. The Kier molecular flexibility index (Phi) is 11.2. The first-order chi connectivity index (χ1) is 10.0. The van der Waals surface area contributed by atoms with Gasteiger partial charge >= 0.3 is 0 Å². The molecule has 0 spiro atoms. The number of rotatable bonds is 8. The highest BCUT2D eigenvalue weighted by atomic mass is 127. The van der Waals surface area contributed by atoms with Crippen molar-refractivity contribution >= 4 is 40.0 Å². The average molecular weight is 440 g/mol. The molecule has 0 aliphatic heterocycles. The third kappa shape index (κ3) is 10.8. The number of aliphatic imine (C=N–C) groups is 1. The fraction of sp³-hybridized carbons (Fsp3) is 0.500. The lowest BCUT2D eigenvalue weighted by atomic mass is 10.2. The first-order valence-corrected chi connectivity index (χ1v) is 8.91. The first-order valence-electron chi connectivity index (χ1n) is 7.02. The van der Waals surface area contributed by atoms with Crippen molar-refractivity contribution in [3.8, 4) is 0 Å². The molecule has 0 aliphatic carbocycles. The van der Waals surface area contributed by atoms with E-state index in [1.165, 1.54) is 0 Å². The molecule has 0 unspecified atom stereocenters. The van der Waals surface area contributed by atoms with Gasteiger partial charge in [0.15, 0.2) is 5.96 Å². The molecule has 0 bridgehead atoms. The largest absolute Gasteiger partial charge is 0.357 e. The highest BCUT2D eigenvalue weighted by molar-refractivity contribution is 14.0. The van der Waals surface area contributed by atoms with Crippen LogP contribution in [0.5, 0.6) is 0 Å². The van der Waals surface area contributed by atoms with Crippen LogP contribution in [0.2, 0.25) is 0 Å². The topological polar surface area (TPSA) is 82.6 Å². The van der Waals surface area contributed by atoms with E-state index in [2.05, 4.69) is 20.3 Å². The maximum absolute atomic E-state index is 10.9. The highest BCUT2D eigenvalue weighted by Crippen LogP contribution is 1.99. The van der Waals surface area contributed by atoms with Gasteiger partial charge in [0.2, 0.25) is 10.0 Å². The van der Waals surface area contributed by atoms with Gasteiger partial charge in [-0.3, -0.25) is 0 Å². The van der Waals surface area contributed by atoms with Crippen LogP contribution in [0.15, 0.2) is 35.3 Å². The maximum atomic E-state index is 10.9. The van der Waals surface area contributed by atoms with Crippen molar-refractivity contribution < 1.29 is 8.42 Å². The Balaban J connectivity index is 0.00000441. The molecule has 0 saturated heterocycles. The zero-order valence-electron chi connectivity index (χ0n) is 13.0. The Morgan fingerprint density at radius 1 is 1.14 bits per heavy atom. The zero-order chi connectivity index (χ0) is 15.6. The van der Waals surface area contributed by atoms with Crippen molar-refractivity contribution in [1.82, 2.24) is 15.4 Å². The molecule has 0 amide bonds. The number of nitrogens with zero attached hydrogens (tertiary/aromatic N) is 1. The van der Waals surface area contributed by atoms with Gasteiger partial charge in [-0.25, -0.2) is 18.1 Å². The number of guanidine groups is 1. The fourth-order valence-electron chi connectivity index (χ4n) is 1.65. The van der Waals surface area contributed by atoms with E-state index < -0.39 is 10.0 Å². The summed E-state index contributed by atoms with van der Waals surface area (Å²) in [5.41, 5.74) is 1.15. The van der Waals surface area contributed by atoms with E-state index in [0.717, 1.165) is 24.3 Å². The number of benzene rings is 1. The predicted molar refractivity (Wildman–Crippen MR) is 102 cm³/mol. The molecule has 3 N–H and O–H groups in total. The molecule has 0 fully saturated rings. The van der Waals surface area contributed by atoms with E-state index in [0.29, 0.717) is 26.1 Å². The van der Waals surface area contributed by atoms with Crippen LogP contribution in [0.25, 0.3) is 0 Å². The van der Waals surface area contributed by atoms with Crippen molar-refractivity contribution in [3.05, 3.63) is 35.9 Å². The highest BCUT2D eigenvalue weighted by Gasteiger charge is 2.00. The zero-order valence-corrected chi connectivity index (χ0v) is 16.1. The predicted octanol–water partition coefficient (Wildman–Crippen LogP) is 1.30. The van der Waals surface area contributed by atoms with Crippen LogP contribution in [-0.4, -0.2) is 40.3 Å². The van der Waals surface area contributed by atoms with Crippen LogP contribution in [0, 0.1) is 0 Å². The number of hydrogen-bond donors (Lipinski definition) is 3. The summed E-state index contributed by atoms with van der Waals surface area (Å²) in [5.74, 6) is 0.737. The van der Waals surface area contributed by atoms with Crippen molar-refractivity contribution in [2.24, 2.45) is 4.99 Å². The molecule has 0 heterocycles. The standard InChI is InChI=1S/C14H24N4O2S.HI/c1-3-15-14(16-10-7-11-18-21(2,19)20)17-12-13-8-5-4-6-9-13;/h4-6,8-9,18H,3,7,10-12H2,1-2H3,(H2,15,16,17);1H. The Labute approximate surface area is 150 Å². The lowest BCUT2D eigenvalue weighted by Crippen LogP contribution is -2.38. The molecule has 22 heavy (non-hydrogen) atoms. The molecule has 126 valence electrons. The SMILES string of the molecule is CCNC(=NCc1ccccc1)NCCCNS(C)(=O)=O.I. The van der Waals surface area contributed by atoms with Gasteiger partial charge in [0.1, 0.15) is 0 Å². The average Bonchev–Trinajstić information content (AvgIpc) is 2.44. The maximum Gasteiger partial charge on any atom is 0.208 e. The Morgan fingerprint density at radius 2 is 1.82 bits per heavy atom. The molecule has 1 aromatic carbocycles. The van der Waals surface area contributed by atoms with Gasteiger partial charge in [0, 0.05) is 19.6 Å². The molecule has 0 radical (unpaired) electrons. The van der Waals surface area contributed by atoms with Crippen LogP contribution >= 0.6 is 24.0 Å². The molecule has 8 heteroatoms. The second kappa shape index (κ2) is 11.7. The molecule has 0 aromatic heterocycles. The summed E-state index contributed by atoms with van der Waals surface area (Å²) in [5, 5.41) is 6.34. The van der Waals surface area contributed by atoms with E-state index in [1.807, 2.05) is 37.3 Å². The summed E-state index contributed by atoms with van der Waals surface area (Å²) >= 11 is 0. The van der Waals surface area contributed by atoms with Crippen LogP contribution < -0.4 is 15.4 Å². The molecule has 0 saturated carbocycles. The molecule has 0 atom stereocenters. The first kappa shape index (κ1) is 21.1. The van der Waals surface area contributed by atoms with Gasteiger partial charge < -0.3 is 10.6 Å². The second-order valence-electron chi connectivity index (χ2n) is 4.63. The third-order valence-electron chi connectivity index (χ3n) is 2.62. The summed E-state index contributed by atoms with van der Waals surface area (Å²) in [7, 11) is -3.10. The third-order valence-corrected chi connectivity index (χ3v) is 3.35. The molecule has 6 nitrogen and oxygen atoms in total. The van der Waals surface area contributed by atoms with Crippen LogP contribution in [0.3, 0.4) is 0 Å². The summed E-state index contributed by atoms with van der Waals surface area (Å²) in [6.07, 6.45) is 1.86. The summed E-state index contributed by atoms with van der Waals surface area (Å²) < 4.78 is 24.3. The Morgan fingerprint density at radius 3 is 2.41 bits per heavy atom. The monoisotopic (exact) mass is 440 g/mol. The van der Waals surface area contributed by atoms with Gasteiger partial charge in [0.25, 0.3) is 0 Å². The van der Waals surface area contributed by atoms with Crippen molar-refractivity contribution in [2.75, 3.05) is 25.9 Å². The number of hydrogen-bond acceptors (Lipinski definition) is 3. The lowest BCUT2D eigenvalue weighted by molar-refractivity contribution is 0.584. The number of sulfonamides is 1. The van der Waals surface area contributed by atoms with Crippen LogP contribution in [-0.2, 0) is 16.6 Å². The lowest BCUT2D eigenvalue weighted by Gasteiger charge is -2.11. The van der Waals surface area contributed by atoms with Crippen molar-refractivity contribution in [1.29, 1.82) is 0 Å². The molecular weight excluding hydrogens is 415 g/mol.